The first-order valence-electron chi connectivity index (χ1n) is 33.5. The van der Waals surface area contributed by atoms with Crippen LogP contribution in [0.2, 0.25) is 30.1 Å². The highest BCUT2D eigenvalue weighted by molar-refractivity contribution is 6.33. The quantitative estimate of drug-likeness (QED) is 0.0644. The minimum Gasteiger partial charge on any atom is -0.372 e. The largest absolute Gasteiger partial charge is 0.372 e. The molecule has 7 aromatic rings. The van der Waals surface area contributed by atoms with Gasteiger partial charge in [0.2, 0.25) is 0 Å². The number of hydrogen-bond donors (Lipinski definition) is 7. The molecule has 7 heterocycles. The maximum absolute atomic E-state index is 13.6. The van der Waals surface area contributed by atoms with Crippen molar-refractivity contribution in [3.63, 3.8) is 0 Å². The molecule has 97 heavy (non-hydrogen) atoms. The molecule has 14 nitrogen and oxygen atoms in total. The molecule has 0 aliphatic carbocycles. The van der Waals surface area contributed by atoms with Crippen LogP contribution in [0.25, 0.3) is 0 Å². The first-order chi connectivity index (χ1) is 46.8. The fraction of sp³-hybridized carbons (Fsp3) is 0.447. The first kappa shape index (κ1) is 78.4. The molecule has 526 valence electrons. The van der Waals surface area contributed by atoms with Crippen molar-refractivity contribution in [1.82, 2.24) is 16.0 Å². The van der Waals surface area contributed by atoms with Crippen molar-refractivity contribution in [3.8, 4) is 0 Å². The summed E-state index contributed by atoms with van der Waals surface area (Å²) in [7, 11) is 3.85. The van der Waals surface area contributed by atoms with Crippen molar-refractivity contribution in [2.75, 3.05) is 73.3 Å². The van der Waals surface area contributed by atoms with Gasteiger partial charge >= 0.3 is 0 Å². The summed E-state index contributed by atoms with van der Waals surface area (Å²) in [6.07, 6.45) is 4.54. The molecule has 0 radical (unpaired) electrons. The van der Waals surface area contributed by atoms with Crippen molar-refractivity contribution >= 4 is 69.6 Å². The van der Waals surface area contributed by atoms with E-state index in [1.165, 1.54) is 39.4 Å². The number of ether oxygens (including phenoxy) is 7. The standard InChI is InChI=1S/C12H16FNO.4C11H14ClNO.2C10H12ClNO/c1-2-14-8-11-12-9(6-7-15-11)4-3-5-10(12)13;4*1-7(13)11-10-8(5-6-14-11)3-2-4-9(10)12;2*1-12-5-10-7-3-2-4-9(11)8(7)6-13-10/h3-5,11,14H,2,6-8H2,1H3;4*2-4,7,11H,5-6,13H2,1H3;2*2-4,10,12H,5-6H2,1H3/t11-;2*7-,11+;2*7-,11-;2*10-/m0101010/s1. The lowest BCUT2D eigenvalue weighted by atomic mass is 9.94. The van der Waals surface area contributed by atoms with Crippen LogP contribution in [-0.4, -0.2) is 97.5 Å². The summed E-state index contributed by atoms with van der Waals surface area (Å²) in [6.45, 7) is 18.0. The second-order valence-corrected chi connectivity index (χ2v) is 27.4. The zero-order chi connectivity index (χ0) is 69.7. The molecule has 0 aromatic heterocycles. The lowest BCUT2D eigenvalue weighted by Gasteiger charge is -2.29. The average Bonchev–Trinajstić information content (AvgIpc) is 1.83. The monoisotopic (exact) mass is 1450 g/mol. The molecular weight excluding hydrogens is 1350 g/mol. The molecular formula is C76H96Cl6FN7O7. The van der Waals surface area contributed by atoms with Gasteiger partial charge in [-0.15, -0.1) is 0 Å². The number of likely N-dealkylation sites (N-methyl/N-ethyl adjacent to an activating group) is 3. The Balaban J connectivity index is 0.000000145. The van der Waals surface area contributed by atoms with E-state index in [1.807, 2.05) is 128 Å². The summed E-state index contributed by atoms with van der Waals surface area (Å²) in [5, 5.41) is 14.1. The molecule has 11 atom stereocenters. The summed E-state index contributed by atoms with van der Waals surface area (Å²) >= 11 is 36.7. The van der Waals surface area contributed by atoms with Gasteiger partial charge in [0.1, 0.15) is 5.82 Å². The van der Waals surface area contributed by atoms with Crippen LogP contribution in [0.1, 0.15) is 155 Å². The molecule has 0 saturated heterocycles. The molecule has 0 amide bonds. The lowest BCUT2D eigenvalue weighted by Crippen LogP contribution is -2.31. The fourth-order valence-corrected chi connectivity index (χ4v) is 14.6. The second kappa shape index (κ2) is 39.2. The Bertz CT molecular complexity index is 3290. The maximum Gasteiger partial charge on any atom is 0.129 e. The van der Waals surface area contributed by atoms with Gasteiger partial charge in [0.05, 0.1) is 89.0 Å². The average molecular weight is 1450 g/mol. The highest BCUT2D eigenvalue weighted by Gasteiger charge is 2.31. The van der Waals surface area contributed by atoms with E-state index in [0.29, 0.717) is 26.4 Å². The van der Waals surface area contributed by atoms with Crippen molar-refractivity contribution < 1.29 is 37.5 Å². The number of nitrogens with two attached hydrogens (primary N) is 4. The second-order valence-electron chi connectivity index (χ2n) is 24.9. The van der Waals surface area contributed by atoms with Crippen LogP contribution in [0, 0.1) is 5.82 Å². The van der Waals surface area contributed by atoms with Gasteiger partial charge in [0.25, 0.3) is 0 Å². The van der Waals surface area contributed by atoms with Gasteiger partial charge in [-0.2, -0.15) is 0 Å². The summed E-state index contributed by atoms with van der Waals surface area (Å²) in [4.78, 5) is 0. The smallest absolute Gasteiger partial charge is 0.129 e. The number of benzene rings is 7. The zero-order valence-electron chi connectivity index (χ0n) is 56.6. The van der Waals surface area contributed by atoms with Gasteiger partial charge in [-0.05, 0) is 162 Å². The highest BCUT2D eigenvalue weighted by atomic mass is 35.5. The molecule has 0 unspecified atom stereocenters. The third-order valence-corrected chi connectivity index (χ3v) is 19.7. The van der Waals surface area contributed by atoms with E-state index >= 15 is 0 Å². The molecule has 0 fully saturated rings. The summed E-state index contributed by atoms with van der Waals surface area (Å²) < 4.78 is 53.0. The fourth-order valence-electron chi connectivity index (χ4n) is 13.0. The van der Waals surface area contributed by atoms with E-state index in [0.717, 1.165) is 153 Å². The Morgan fingerprint density at radius 2 is 0.670 bits per heavy atom. The molecule has 7 aliphatic heterocycles. The molecule has 14 rings (SSSR count). The SMILES string of the molecule is CCNC[C@@H]1OCCc2cccc(F)c21.CNC[C@@H]1OCc2c(Cl)cccc21.CNC[C@H]1OCc2c(Cl)cccc21.C[C@@H](N)[C@@H]1OCCc2cccc(Cl)c21.C[C@@H](N)[C@H]1OCCc2cccc(Cl)c21.C[C@H](N)[C@@H]1OCCc2cccc(Cl)c21.C[C@H](N)[C@H]1OCCc2cccc(Cl)c21. The Morgan fingerprint density at radius 3 is 0.979 bits per heavy atom. The third-order valence-electron chi connectivity index (χ3n) is 17.7. The number of fused-ring (bicyclic) bond motifs is 7. The van der Waals surface area contributed by atoms with Crippen molar-refractivity contribution in [3.05, 3.63) is 241 Å². The predicted molar refractivity (Wildman–Crippen MR) is 393 cm³/mol. The molecule has 11 N–H and O–H groups in total. The van der Waals surface area contributed by atoms with Crippen LogP contribution in [0.4, 0.5) is 4.39 Å². The first-order valence-corrected chi connectivity index (χ1v) is 35.8. The normalized spacial score (nSPS) is 21.8. The van der Waals surface area contributed by atoms with Crippen LogP contribution in [0.3, 0.4) is 0 Å². The molecule has 0 spiro atoms. The van der Waals surface area contributed by atoms with E-state index in [4.69, 9.17) is 126 Å². The van der Waals surface area contributed by atoms with Gasteiger partial charge in [-0.25, -0.2) is 4.39 Å². The van der Waals surface area contributed by atoms with Gasteiger partial charge in [-0.1, -0.05) is 161 Å². The van der Waals surface area contributed by atoms with Gasteiger partial charge < -0.3 is 72.0 Å². The van der Waals surface area contributed by atoms with Crippen molar-refractivity contribution in [2.45, 2.75) is 147 Å². The summed E-state index contributed by atoms with van der Waals surface area (Å²) in [6, 6.07) is 41.0. The van der Waals surface area contributed by atoms with Crippen LogP contribution in [0.5, 0.6) is 0 Å². The Hall–Kier alpha value is -4.35. The Kier molecular flexibility index (Phi) is 31.7. The molecule has 0 bridgehead atoms. The minimum absolute atomic E-state index is 0.0195. The Labute approximate surface area is 603 Å². The van der Waals surface area contributed by atoms with Crippen LogP contribution < -0.4 is 38.9 Å². The number of nitrogens with one attached hydrogen (secondary N) is 3. The number of halogens is 7. The van der Waals surface area contributed by atoms with Crippen LogP contribution in [0.15, 0.2) is 127 Å². The van der Waals surface area contributed by atoms with Gasteiger partial charge in [-0.3, -0.25) is 0 Å². The molecule has 0 saturated carbocycles. The van der Waals surface area contributed by atoms with Gasteiger partial charge in [0.15, 0.2) is 0 Å². The summed E-state index contributed by atoms with van der Waals surface area (Å²) in [5.74, 6) is -0.143. The van der Waals surface area contributed by atoms with E-state index in [1.54, 1.807) is 6.07 Å². The van der Waals surface area contributed by atoms with E-state index in [9.17, 15) is 4.39 Å². The third kappa shape index (κ3) is 20.9. The van der Waals surface area contributed by atoms with Crippen LogP contribution >= 0.6 is 69.6 Å². The lowest BCUT2D eigenvalue weighted by molar-refractivity contribution is 0.0285. The topological polar surface area (TPSA) is 205 Å². The van der Waals surface area contributed by atoms with Gasteiger partial charge in [0, 0.05) is 113 Å². The highest BCUT2D eigenvalue weighted by Crippen LogP contribution is 2.40. The number of rotatable bonds is 11. The number of hydrogen-bond acceptors (Lipinski definition) is 14. The van der Waals surface area contributed by atoms with E-state index in [2.05, 4.69) is 52.3 Å². The molecule has 21 heteroatoms. The van der Waals surface area contributed by atoms with Crippen molar-refractivity contribution in [1.29, 1.82) is 0 Å². The molecule has 7 aromatic carbocycles. The Morgan fingerprint density at radius 1 is 0.381 bits per heavy atom. The maximum atomic E-state index is 13.6. The zero-order valence-corrected chi connectivity index (χ0v) is 61.1. The van der Waals surface area contributed by atoms with Crippen LogP contribution in [-0.2, 0) is 78.5 Å². The minimum atomic E-state index is -0.143. The molecule has 7 aliphatic rings. The predicted octanol–water partition coefficient (Wildman–Crippen LogP) is 15.5. The summed E-state index contributed by atoms with van der Waals surface area (Å²) in [5.41, 5.74) is 39.4. The van der Waals surface area contributed by atoms with E-state index in [-0.39, 0.29) is 72.7 Å². The van der Waals surface area contributed by atoms with E-state index < -0.39 is 0 Å². The van der Waals surface area contributed by atoms with Crippen molar-refractivity contribution in [2.24, 2.45) is 22.9 Å².